The first-order valence-corrected chi connectivity index (χ1v) is 6.65. The highest BCUT2D eigenvalue weighted by molar-refractivity contribution is 5.07. The van der Waals surface area contributed by atoms with Gasteiger partial charge < -0.3 is 10.1 Å². The molecule has 0 saturated carbocycles. The molecule has 0 amide bonds. The quantitative estimate of drug-likeness (QED) is 0.568. The summed E-state index contributed by atoms with van der Waals surface area (Å²) >= 11 is 0. The molecule has 1 rings (SSSR count). The molecule has 3 nitrogen and oxygen atoms in total. The number of hydrogen-bond acceptors (Lipinski definition) is 3. The summed E-state index contributed by atoms with van der Waals surface area (Å²) in [6.07, 6.45) is 4.72. The van der Waals surface area contributed by atoms with E-state index in [1.165, 1.54) is 31.5 Å². The second-order valence-corrected chi connectivity index (χ2v) is 5.88. The first-order chi connectivity index (χ1) is 8.01. The van der Waals surface area contributed by atoms with Gasteiger partial charge in [0.2, 0.25) is 0 Å². The van der Waals surface area contributed by atoms with Crippen LogP contribution < -0.4 is 5.32 Å². The highest BCUT2D eigenvalue weighted by atomic mass is 16.5. The third-order valence-electron chi connectivity index (χ3n) is 3.02. The lowest BCUT2D eigenvalue weighted by Crippen LogP contribution is -2.38. The van der Waals surface area contributed by atoms with Crippen molar-refractivity contribution >= 4 is 0 Å². The Morgan fingerprint density at radius 3 is 2.71 bits per heavy atom. The summed E-state index contributed by atoms with van der Waals surface area (Å²) < 4.78 is 5.16. The van der Waals surface area contributed by atoms with Crippen LogP contribution in [0.4, 0.5) is 0 Å². The van der Waals surface area contributed by atoms with Gasteiger partial charge in [-0.2, -0.15) is 0 Å². The van der Waals surface area contributed by atoms with Gasteiger partial charge in [0.1, 0.15) is 0 Å². The summed E-state index contributed by atoms with van der Waals surface area (Å²) in [5.74, 6) is 0. The van der Waals surface area contributed by atoms with E-state index >= 15 is 0 Å². The summed E-state index contributed by atoms with van der Waals surface area (Å²) in [7, 11) is 1.77. The van der Waals surface area contributed by atoms with Gasteiger partial charge in [0, 0.05) is 25.7 Å². The van der Waals surface area contributed by atoms with Gasteiger partial charge >= 0.3 is 0 Å². The van der Waals surface area contributed by atoms with E-state index in [1.54, 1.807) is 7.11 Å². The zero-order chi connectivity index (χ0) is 12.7. The van der Waals surface area contributed by atoms with Crippen molar-refractivity contribution in [2.45, 2.75) is 39.2 Å². The Morgan fingerprint density at radius 1 is 1.41 bits per heavy atom. The Kier molecular flexibility index (Phi) is 6.17. The van der Waals surface area contributed by atoms with E-state index in [-0.39, 0.29) is 5.54 Å². The maximum absolute atomic E-state index is 5.16. The summed E-state index contributed by atoms with van der Waals surface area (Å²) in [5.41, 5.74) is 1.70. The fourth-order valence-corrected chi connectivity index (χ4v) is 2.04. The molecule has 1 heterocycles. The van der Waals surface area contributed by atoms with E-state index in [0.29, 0.717) is 0 Å². The Hall–Kier alpha value is -0.380. The van der Waals surface area contributed by atoms with Crippen molar-refractivity contribution in [1.82, 2.24) is 10.2 Å². The zero-order valence-electron chi connectivity index (χ0n) is 11.9. The minimum atomic E-state index is 0.243. The molecule has 0 aliphatic carbocycles. The minimum Gasteiger partial charge on any atom is -0.380 e. The summed E-state index contributed by atoms with van der Waals surface area (Å²) in [5, 5.41) is 3.53. The maximum Gasteiger partial charge on any atom is 0.0673 e. The smallest absolute Gasteiger partial charge is 0.0673 e. The second kappa shape index (κ2) is 7.14. The largest absolute Gasteiger partial charge is 0.380 e. The van der Waals surface area contributed by atoms with Crippen molar-refractivity contribution in [3.63, 3.8) is 0 Å². The lowest BCUT2D eigenvalue weighted by atomic mass is 10.1. The number of rotatable bonds is 6. The molecule has 17 heavy (non-hydrogen) atoms. The van der Waals surface area contributed by atoms with Crippen LogP contribution in [0.5, 0.6) is 0 Å². The van der Waals surface area contributed by atoms with Crippen LogP contribution in [0.1, 0.15) is 33.6 Å². The summed E-state index contributed by atoms with van der Waals surface area (Å²) in [4.78, 5) is 2.52. The molecular formula is C14H28N2O. The van der Waals surface area contributed by atoms with Crippen LogP contribution in [0.3, 0.4) is 0 Å². The van der Waals surface area contributed by atoms with Crippen LogP contribution in [-0.2, 0) is 4.74 Å². The van der Waals surface area contributed by atoms with Crippen molar-refractivity contribution in [3.05, 3.63) is 11.6 Å². The van der Waals surface area contributed by atoms with Gasteiger partial charge in [-0.15, -0.1) is 0 Å². The molecule has 0 aromatic carbocycles. The Morgan fingerprint density at radius 2 is 2.18 bits per heavy atom. The number of nitrogens with zero attached hydrogens (tertiary/aromatic N) is 1. The molecule has 0 aromatic heterocycles. The number of methoxy groups -OCH3 is 1. The van der Waals surface area contributed by atoms with Gasteiger partial charge in [-0.25, -0.2) is 0 Å². The maximum atomic E-state index is 5.16. The van der Waals surface area contributed by atoms with E-state index in [0.717, 1.165) is 19.7 Å². The van der Waals surface area contributed by atoms with Crippen LogP contribution in [-0.4, -0.2) is 50.3 Å². The number of nitrogens with one attached hydrogen (secondary N) is 1. The Bertz CT molecular complexity index is 243. The molecule has 0 atom stereocenters. The average Bonchev–Trinajstić information content (AvgIpc) is 2.26. The third-order valence-corrected chi connectivity index (χ3v) is 3.02. The fourth-order valence-electron chi connectivity index (χ4n) is 2.04. The van der Waals surface area contributed by atoms with Crippen LogP contribution in [0.25, 0.3) is 0 Å². The van der Waals surface area contributed by atoms with E-state index in [4.69, 9.17) is 4.74 Å². The standard InChI is InChI=1S/C14H28N2O/c1-14(2,3)15-8-5-9-16-10-6-13(7-11-16)12-17-4/h6,15H,5,7-12H2,1-4H3. The van der Waals surface area contributed by atoms with Crippen LogP contribution in [0.15, 0.2) is 11.6 Å². The van der Waals surface area contributed by atoms with Gasteiger partial charge in [0.25, 0.3) is 0 Å². The molecule has 1 aliphatic rings. The van der Waals surface area contributed by atoms with Gasteiger partial charge in [0.15, 0.2) is 0 Å². The SMILES string of the molecule is COCC1=CCN(CCCNC(C)(C)C)CC1. The van der Waals surface area contributed by atoms with Crippen molar-refractivity contribution in [1.29, 1.82) is 0 Å². The van der Waals surface area contributed by atoms with E-state index in [9.17, 15) is 0 Å². The molecule has 0 unspecified atom stereocenters. The topological polar surface area (TPSA) is 24.5 Å². The normalized spacial score (nSPS) is 18.2. The molecule has 3 heteroatoms. The van der Waals surface area contributed by atoms with Crippen molar-refractivity contribution < 1.29 is 4.74 Å². The molecule has 0 radical (unpaired) electrons. The average molecular weight is 240 g/mol. The summed E-state index contributed by atoms with van der Waals surface area (Å²) in [6, 6.07) is 0. The van der Waals surface area contributed by atoms with Crippen molar-refractivity contribution in [2.75, 3.05) is 39.9 Å². The van der Waals surface area contributed by atoms with E-state index in [2.05, 4.69) is 37.1 Å². The second-order valence-electron chi connectivity index (χ2n) is 5.88. The van der Waals surface area contributed by atoms with Gasteiger partial charge in [-0.05, 0) is 52.3 Å². The number of ether oxygens (including phenoxy) is 1. The number of hydrogen-bond donors (Lipinski definition) is 1. The van der Waals surface area contributed by atoms with Gasteiger partial charge in [0.05, 0.1) is 6.61 Å². The van der Waals surface area contributed by atoms with Gasteiger partial charge in [-0.1, -0.05) is 6.08 Å². The minimum absolute atomic E-state index is 0.243. The Labute approximate surface area is 106 Å². The molecule has 100 valence electrons. The molecule has 1 N–H and O–H groups in total. The van der Waals surface area contributed by atoms with E-state index in [1.807, 2.05) is 0 Å². The molecule has 0 bridgehead atoms. The highest BCUT2D eigenvalue weighted by Crippen LogP contribution is 2.11. The molecule has 1 aliphatic heterocycles. The van der Waals surface area contributed by atoms with Crippen LogP contribution >= 0.6 is 0 Å². The zero-order valence-corrected chi connectivity index (χ0v) is 11.9. The Balaban J connectivity index is 2.10. The lowest BCUT2D eigenvalue weighted by molar-refractivity contribution is 0.210. The van der Waals surface area contributed by atoms with Crippen LogP contribution in [0, 0.1) is 0 Å². The van der Waals surface area contributed by atoms with Crippen LogP contribution in [0.2, 0.25) is 0 Å². The predicted octanol–water partition coefficient (Wildman–Crippen LogP) is 2.04. The molecule has 0 fully saturated rings. The first-order valence-electron chi connectivity index (χ1n) is 6.65. The fraction of sp³-hybridized carbons (Fsp3) is 0.857. The van der Waals surface area contributed by atoms with Crippen molar-refractivity contribution in [2.24, 2.45) is 0 Å². The predicted molar refractivity (Wildman–Crippen MR) is 73.4 cm³/mol. The molecule has 0 saturated heterocycles. The monoisotopic (exact) mass is 240 g/mol. The summed E-state index contributed by atoms with van der Waals surface area (Å²) in [6.45, 7) is 12.0. The molecule has 0 aromatic rings. The van der Waals surface area contributed by atoms with E-state index < -0.39 is 0 Å². The third kappa shape index (κ3) is 6.81. The molecule has 0 spiro atoms. The first kappa shape index (κ1) is 14.7. The molecular weight excluding hydrogens is 212 g/mol. The highest BCUT2D eigenvalue weighted by Gasteiger charge is 2.12. The van der Waals surface area contributed by atoms with Gasteiger partial charge in [-0.3, -0.25) is 4.90 Å². The van der Waals surface area contributed by atoms with Crippen molar-refractivity contribution in [3.8, 4) is 0 Å². The lowest BCUT2D eigenvalue weighted by Gasteiger charge is -2.27.